The predicted molar refractivity (Wildman–Crippen MR) is 149 cm³/mol. The summed E-state index contributed by atoms with van der Waals surface area (Å²) in [5.41, 5.74) is 0.925. The van der Waals surface area contributed by atoms with Gasteiger partial charge in [-0.1, -0.05) is 19.9 Å². The quantitative estimate of drug-likeness (QED) is 0.171. The molecule has 0 fully saturated rings. The van der Waals surface area contributed by atoms with Crippen LogP contribution >= 0.6 is 0 Å². The van der Waals surface area contributed by atoms with Crippen molar-refractivity contribution in [2.75, 3.05) is 43.5 Å². The summed E-state index contributed by atoms with van der Waals surface area (Å²) < 4.78 is 33.1. The molecule has 12 heteroatoms. The number of halogens is 2. The molecule has 0 saturated carbocycles. The number of aromatic amines is 1. The highest BCUT2D eigenvalue weighted by molar-refractivity contribution is 5.93. The van der Waals surface area contributed by atoms with Crippen molar-refractivity contribution in [3.05, 3.63) is 66.1 Å². The Labute approximate surface area is 230 Å². The number of anilines is 3. The van der Waals surface area contributed by atoms with Gasteiger partial charge in [0.2, 0.25) is 5.91 Å². The van der Waals surface area contributed by atoms with Crippen molar-refractivity contribution < 1.29 is 23.4 Å². The van der Waals surface area contributed by atoms with Gasteiger partial charge < -0.3 is 25.4 Å². The Bertz CT molecular complexity index is 1430. The van der Waals surface area contributed by atoms with E-state index in [2.05, 4.69) is 49.5 Å². The number of ether oxygens (including phenoxy) is 1. The summed E-state index contributed by atoms with van der Waals surface area (Å²) in [4.78, 5) is 23.2. The lowest BCUT2D eigenvalue weighted by Crippen LogP contribution is -2.32. The molecule has 10 nitrogen and oxygen atoms in total. The zero-order valence-electron chi connectivity index (χ0n) is 22.5. The fourth-order valence-electron chi connectivity index (χ4n) is 4.26. The third kappa shape index (κ3) is 7.93. The summed E-state index contributed by atoms with van der Waals surface area (Å²) >= 11 is 0. The van der Waals surface area contributed by atoms with Gasteiger partial charge in [0, 0.05) is 42.8 Å². The van der Waals surface area contributed by atoms with E-state index in [1.807, 2.05) is 18.2 Å². The minimum atomic E-state index is -1.11. The van der Waals surface area contributed by atoms with Gasteiger partial charge >= 0.3 is 0 Å². The molecule has 4 rings (SSSR count). The predicted octanol–water partition coefficient (Wildman–Crippen LogP) is 4.28. The molecule has 212 valence electrons. The van der Waals surface area contributed by atoms with Crippen LogP contribution in [0.15, 0.2) is 48.8 Å². The smallest absolute Gasteiger partial charge is 0.230 e. The molecule has 0 bridgehead atoms. The average molecular weight is 554 g/mol. The lowest BCUT2D eigenvalue weighted by atomic mass is 10.2. The van der Waals surface area contributed by atoms with E-state index >= 15 is 0 Å². The van der Waals surface area contributed by atoms with Crippen molar-refractivity contribution in [3.8, 4) is 5.75 Å². The van der Waals surface area contributed by atoms with Gasteiger partial charge in [-0.05, 0) is 36.6 Å². The van der Waals surface area contributed by atoms with Gasteiger partial charge in [-0.15, -0.1) is 0 Å². The van der Waals surface area contributed by atoms with Gasteiger partial charge in [-0.2, -0.15) is 5.10 Å². The number of nitrogens with one attached hydrogen (secondary N) is 3. The van der Waals surface area contributed by atoms with Crippen LogP contribution in [0.2, 0.25) is 0 Å². The van der Waals surface area contributed by atoms with Crippen LogP contribution in [0.3, 0.4) is 0 Å². The SMILES string of the molecule is CC(C)CN(CCO)CCCOc1ccc2c(Nc3cc(CC(=O)Nc4cccc(F)c4F)[nH]n3)ncnc2c1. The molecule has 2 heterocycles. The molecule has 1 amide bonds. The van der Waals surface area contributed by atoms with Crippen molar-refractivity contribution in [2.45, 2.75) is 26.7 Å². The summed E-state index contributed by atoms with van der Waals surface area (Å²) in [6, 6.07) is 10.8. The number of carbonyl (C=O) groups is 1. The average Bonchev–Trinajstić information content (AvgIpc) is 3.35. The topological polar surface area (TPSA) is 128 Å². The molecule has 0 aliphatic rings. The van der Waals surface area contributed by atoms with Crippen LogP contribution < -0.4 is 15.4 Å². The Hall–Kier alpha value is -4.16. The largest absolute Gasteiger partial charge is 0.493 e. The highest BCUT2D eigenvalue weighted by atomic mass is 19.2. The van der Waals surface area contributed by atoms with Crippen molar-refractivity contribution >= 4 is 34.1 Å². The van der Waals surface area contributed by atoms with Crippen LogP contribution in [0.1, 0.15) is 26.0 Å². The Balaban J connectivity index is 1.33. The molecule has 0 unspecified atom stereocenters. The van der Waals surface area contributed by atoms with Gasteiger partial charge in [0.15, 0.2) is 17.5 Å². The van der Waals surface area contributed by atoms with Crippen molar-refractivity contribution in [2.24, 2.45) is 5.92 Å². The number of hydrogen-bond donors (Lipinski definition) is 4. The highest BCUT2D eigenvalue weighted by Gasteiger charge is 2.14. The molecule has 0 radical (unpaired) electrons. The number of hydrogen-bond acceptors (Lipinski definition) is 8. The van der Waals surface area contributed by atoms with Gasteiger partial charge in [0.05, 0.1) is 30.8 Å². The standard InChI is InChI=1S/C28H33F2N7O3/c1-18(2)16-37(10-11-38)9-4-12-40-20-7-8-21-24(15-20)31-17-32-28(21)34-25-13-19(35-36-25)14-26(39)33-23-6-3-5-22(29)27(23)30/h3,5-8,13,15,17-18,38H,4,9-12,14,16H2,1-2H3,(H,33,39)(H2,31,32,34,35,36). The second-order valence-electron chi connectivity index (χ2n) is 9.75. The first-order valence-corrected chi connectivity index (χ1v) is 13.1. The minimum absolute atomic E-state index is 0.120. The van der Waals surface area contributed by atoms with Crippen molar-refractivity contribution in [1.82, 2.24) is 25.1 Å². The lowest BCUT2D eigenvalue weighted by molar-refractivity contribution is -0.115. The zero-order chi connectivity index (χ0) is 28.5. The number of benzene rings is 2. The third-order valence-electron chi connectivity index (χ3n) is 5.99. The van der Waals surface area contributed by atoms with Gasteiger partial charge in [0.1, 0.15) is 17.9 Å². The molecule has 40 heavy (non-hydrogen) atoms. The zero-order valence-corrected chi connectivity index (χ0v) is 22.5. The number of carbonyl (C=O) groups excluding carboxylic acids is 1. The van der Waals surface area contributed by atoms with Crippen molar-refractivity contribution in [1.29, 1.82) is 0 Å². The first kappa shape index (κ1) is 28.8. The monoisotopic (exact) mass is 553 g/mol. The maximum Gasteiger partial charge on any atom is 0.230 e. The fourth-order valence-corrected chi connectivity index (χ4v) is 4.26. The first-order valence-electron chi connectivity index (χ1n) is 13.1. The Morgan fingerprint density at radius 2 is 2.00 bits per heavy atom. The molecule has 0 aliphatic heterocycles. The van der Waals surface area contributed by atoms with Crippen LogP contribution in [-0.2, 0) is 11.2 Å². The van der Waals surface area contributed by atoms with E-state index in [9.17, 15) is 18.7 Å². The number of H-pyrrole nitrogens is 1. The van der Waals surface area contributed by atoms with Crippen LogP contribution in [0, 0.1) is 17.6 Å². The molecule has 0 atom stereocenters. The molecule has 4 aromatic rings. The normalized spacial score (nSPS) is 11.4. The van der Waals surface area contributed by atoms with Crippen LogP contribution in [0.4, 0.5) is 26.1 Å². The molecular formula is C28H33F2N7O3. The van der Waals surface area contributed by atoms with Gasteiger partial charge in [-0.3, -0.25) is 9.89 Å². The number of rotatable bonds is 14. The van der Waals surface area contributed by atoms with E-state index in [0.29, 0.717) is 47.7 Å². The molecule has 2 aromatic heterocycles. The number of amides is 1. The van der Waals surface area contributed by atoms with Crippen LogP contribution in [0.5, 0.6) is 5.75 Å². The van der Waals surface area contributed by atoms with Crippen LogP contribution in [0.25, 0.3) is 10.9 Å². The van der Waals surface area contributed by atoms with Crippen LogP contribution in [-0.4, -0.2) is 68.9 Å². The van der Waals surface area contributed by atoms with E-state index in [1.165, 1.54) is 18.5 Å². The third-order valence-corrected chi connectivity index (χ3v) is 5.99. The van der Waals surface area contributed by atoms with E-state index in [4.69, 9.17) is 4.74 Å². The Morgan fingerprint density at radius 3 is 2.80 bits per heavy atom. The first-order chi connectivity index (χ1) is 19.3. The molecular weight excluding hydrogens is 520 g/mol. The maximum atomic E-state index is 13.8. The summed E-state index contributed by atoms with van der Waals surface area (Å²) in [5.74, 6) is -0.510. The Kier molecular flexibility index (Phi) is 9.92. The molecule has 0 spiro atoms. The number of aliphatic hydroxyl groups is 1. The molecule has 2 aromatic carbocycles. The second-order valence-corrected chi connectivity index (χ2v) is 9.75. The van der Waals surface area contributed by atoms with E-state index in [0.717, 1.165) is 31.0 Å². The second kappa shape index (κ2) is 13.8. The molecule has 0 saturated heterocycles. The Morgan fingerprint density at radius 1 is 1.15 bits per heavy atom. The lowest BCUT2D eigenvalue weighted by Gasteiger charge is -2.23. The van der Waals surface area contributed by atoms with Gasteiger partial charge in [0.25, 0.3) is 0 Å². The number of aromatic nitrogens is 4. The minimum Gasteiger partial charge on any atom is -0.493 e. The number of nitrogens with zero attached hydrogens (tertiary/aromatic N) is 4. The molecule has 4 N–H and O–H groups in total. The molecule has 0 aliphatic carbocycles. The van der Waals surface area contributed by atoms with Crippen molar-refractivity contribution in [3.63, 3.8) is 0 Å². The number of fused-ring (bicyclic) bond motifs is 1. The summed E-state index contributed by atoms with van der Waals surface area (Å²) in [5, 5.41) is 22.4. The van der Waals surface area contributed by atoms with E-state index in [1.54, 1.807) is 6.07 Å². The highest BCUT2D eigenvalue weighted by Crippen LogP contribution is 2.26. The summed E-state index contributed by atoms with van der Waals surface area (Å²) in [6.07, 6.45) is 2.14. The maximum absolute atomic E-state index is 13.8. The fraction of sp³-hybridized carbons (Fsp3) is 0.357. The van der Waals surface area contributed by atoms with Gasteiger partial charge in [-0.25, -0.2) is 18.7 Å². The summed E-state index contributed by atoms with van der Waals surface area (Å²) in [6.45, 7) is 7.43. The number of aliphatic hydroxyl groups excluding tert-OH is 1. The summed E-state index contributed by atoms with van der Waals surface area (Å²) in [7, 11) is 0. The van der Waals surface area contributed by atoms with E-state index < -0.39 is 17.5 Å². The van der Waals surface area contributed by atoms with E-state index in [-0.39, 0.29) is 18.7 Å².